The summed E-state index contributed by atoms with van der Waals surface area (Å²) in [6.07, 6.45) is 0. The van der Waals surface area contributed by atoms with Crippen LogP contribution in [0.25, 0.3) is 0 Å². The van der Waals surface area contributed by atoms with E-state index in [4.69, 9.17) is 0 Å². The Hall–Kier alpha value is -2.39. The van der Waals surface area contributed by atoms with E-state index >= 15 is 0 Å². The second-order valence-electron chi connectivity index (χ2n) is 5.98. The van der Waals surface area contributed by atoms with E-state index in [0.29, 0.717) is 0 Å². The maximum absolute atomic E-state index is 11.8. The zero-order valence-electron chi connectivity index (χ0n) is 14.3. The molecule has 3 rings (SSSR count). The number of benzene rings is 1. The Bertz CT molecular complexity index is 787. The van der Waals surface area contributed by atoms with Gasteiger partial charge in [-0.25, -0.2) is 0 Å². The normalized spacial score (nSPS) is 15.5. The topological polar surface area (TPSA) is 81.7 Å². The van der Waals surface area contributed by atoms with Crippen molar-refractivity contribution in [1.82, 2.24) is 14.5 Å². The third-order valence-electron chi connectivity index (χ3n) is 4.09. The van der Waals surface area contributed by atoms with Gasteiger partial charge in [0.05, 0.1) is 0 Å². The van der Waals surface area contributed by atoms with E-state index in [1.807, 2.05) is 18.2 Å². The fourth-order valence-corrected chi connectivity index (χ4v) is 3.16. The van der Waals surface area contributed by atoms with Gasteiger partial charge in [0, 0.05) is 46.0 Å². The number of nitrogens with one attached hydrogen (secondary N) is 1. The molecule has 8 nitrogen and oxygen atoms in total. The zero-order chi connectivity index (χ0) is 17.9. The number of piperazine rings is 1. The van der Waals surface area contributed by atoms with E-state index in [1.54, 1.807) is 12.1 Å². The van der Waals surface area contributed by atoms with Crippen LogP contribution in [0.1, 0.15) is 0 Å². The van der Waals surface area contributed by atoms with E-state index in [9.17, 15) is 8.42 Å². The number of rotatable bonds is 5. The van der Waals surface area contributed by atoms with Gasteiger partial charge in [0.15, 0.2) is 11.6 Å². The number of hydrogen-bond acceptors (Lipinski definition) is 6. The van der Waals surface area contributed by atoms with Gasteiger partial charge in [-0.1, -0.05) is 18.2 Å². The van der Waals surface area contributed by atoms with E-state index in [-0.39, 0.29) is 5.82 Å². The summed E-state index contributed by atoms with van der Waals surface area (Å²) in [6.45, 7) is 3.49. The van der Waals surface area contributed by atoms with Crippen LogP contribution in [-0.2, 0) is 10.2 Å². The molecule has 0 atom stereocenters. The largest absolute Gasteiger partial charge is 0.368 e. The average molecular weight is 362 g/mol. The van der Waals surface area contributed by atoms with Crippen molar-refractivity contribution in [2.75, 3.05) is 54.8 Å². The summed E-state index contributed by atoms with van der Waals surface area (Å²) in [4.78, 5) is 4.49. The molecule has 1 saturated heterocycles. The van der Waals surface area contributed by atoms with Gasteiger partial charge in [0.25, 0.3) is 0 Å². The van der Waals surface area contributed by atoms with Crippen molar-refractivity contribution in [2.45, 2.75) is 0 Å². The fraction of sp³-hybridized carbons (Fsp3) is 0.375. The second kappa shape index (κ2) is 7.24. The molecule has 25 heavy (non-hydrogen) atoms. The highest BCUT2D eigenvalue weighted by atomic mass is 32.2. The number of nitrogens with zero attached hydrogens (tertiary/aromatic N) is 5. The minimum absolute atomic E-state index is 0.209. The molecule has 2 heterocycles. The SMILES string of the molecule is CN(C)S(=O)(=O)Nc1ccc(N2CCN(c3ccccc3)CC2)nn1. The van der Waals surface area contributed by atoms with Crippen molar-refractivity contribution >= 4 is 27.5 Å². The highest BCUT2D eigenvalue weighted by Gasteiger charge is 2.19. The van der Waals surface area contributed by atoms with Crippen LogP contribution in [0.3, 0.4) is 0 Å². The second-order valence-corrected chi connectivity index (χ2v) is 7.86. The molecule has 0 spiro atoms. The summed E-state index contributed by atoms with van der Waals surface area (Å²) in [5, 5.41) is 8.13. The van der Waals surface area contributed by atoms with Crippen molar-refractivity contribution in [3.63, 3.8) is 0 Å². The Morgan fingerprint density at radius 1 is 0.920 bits per heavy atom. The molecule has 1 aliphatic heterocycles. The molecule has 1 aromatic heterocycles. The first-order valence-electron chi connectivity index (χ1n) is 8.05. The Kier molecular flexibility index (Phi) is 5.05. The lowest BCUT2D eigenvalue weighted by atomic mass is 10.2. The molecule has 0 amide bonds. The lowest BCUT2D eigenvalue weighted by Crippen LogP contribution is -2.46. The standard InChI is InChI=1S/C16H22N6O2S/c1-20(2)25(23,24)19-15-8-9-16(18-17-15)22-12-10-21(11-13-22)14-6-4-3-5-7-14/h3-9H,10-13H2,1-2H3,(H,17,19). The van der Waals surface area contributed by atoms with Gasteiger partial charge in [-0.3, -0.25) is 4.72 Å². The highest BCUT2D eigenvalue weighted by Crippen LogP contribution is 2.19. The average Bonchev–Trinajstić information content (AvgIpc) is 2.63. The number of para-hydroxylation sites is 1. The molecular weight excluding hydrogens is 340 g/mol. The highest BCUT2D eigenvalue weighted by molar-refractivity contribution is 7.90. The Balaban J connectivity index is 1.61. The molecule has 1 aliphatic rings. The molecule has 1 aromatic carbocycles. The summed E-state index contributed by atoms with van der Waals surface area (Å²) in [6, 6.07) is 13.7. The first-order valence-corrected chi connectivity index (χ1v) is 9.49. The lowest BCUT2D eigenvalue weighted by Gasteiger charge is -2.36. The maximum atomic E-state index is 11.8. The van der Waals surface area contributed by atoms with Crippen LogP contribution in [0.2, 0.25) is 0 Å². The zero-order valence-corrected chi connectivity index (χ0v) is 15.1. The van der Waals surface area contributed by atoms with Crippen molar-refractivity contribution in [3.05, 3.63) is 42.5 Å². The molecule has 9 heteroatoms. The van der Waals surface area contributed by atoms with Crippen molar-refractivity contribution in [2.24, 2.45) is 0 Å². The van der Waals surface area contributed by atoms with Gasteiger partial charge >= 0.3 is 10.2 Å². The summed E-state index contributed by atoms with van der Waals surface area (Å²) >= 11 is 0. The summed E-state index contributed by atoms with van der Waals surface area (Å²) in [5.41, 5.74) is 1.22. The van der Waals surface area contributed by atoms with Gasteiger partial charge in [-0.15, -0.1) is 10.2 Å². The van der Waals surface area contributed by atoms with Gasteiger partial charge in [-0.2, -0.15) is 12.7 Å². The third kappa shape index (κ3) is 4.18. The molecule has 0 aliphatic carbocycles. The summed E-state index contributed by atoms with van der Waals surface area (Å²) in [7, 11) is -0.657. The Morgan fingerprint density at radius 2 is 1.56 bits per heavy atom. The van der Waals surface area contributed by atoms with E-state index in [2.05, 4.69) is 36.9 Å². The molecular formula is C16H22N6O2S. The van der Waals surface area contributed by atoms with E-state index < -0.39 is 10.2 Å². The van der Waals surface area contributed by atoms with Crippen LogP contribution in [0.15, 0.2) is 42.5 Å². The smallest absolute Gasteiger partial charge is 0.302 e. The number of aromatic nitrogens is 2. The minimum Gasteiger partial charge on any atom is -0.368 e. The summed E-state index contributed by atoms with van der Waals surface area (Å²) in [5.74, 6) is 0.959. The third-order valence-corrected chi connectivity index (χ3v) is 5.52. The fourth-order valence-electron chi connectivity index (χ4n) is 2.60. The summed E-state index contributed by atoms with van der Waals surface area (Å²) < 4.78 is 27.0. The minimum atomic E-state index is -3.57. The van der Waals surface area contributed by atoms with Crippen molar-refractivity contribution < 1.29 is 8.42 Å². The molecule has 1 N–H and O–H groups in total. The predicted octanol–water partition coefficient (Wildman–Crippen LogP) is 1.02. The monoisotopic (exact) mass is 362 g/mol. The van der Waals surface area contributed by atoms with Crippen LogP contribution in [0.4, 0.5) is 17.3 Å². The van der Waals surface area contributed by atoms with Crippen molar-refractivity contribution in [3.8, 4) is 0 Å². The Morgan fingerprint density at radius 3 is 2.12 bits per heavy atom. The quantitative estimate of drug-likeness (QED) is 0.855. The molecule has 1 fully saturated rings. The lowest BCUT2D eigenvalue weighted by molar-refractivity contribution is 0.526. The number of hydrogen-bond donors (Lipinski definition) is 1. The molecule has 134 valence electrons. The molecule has 0 unspecified atom stereocenters. The first-order chi connectivity index (χ1) is 12.0. The van der Waals surface area contributed by atoms with Crippen LogP contribution in [-0.4, -0.2) is 63.2 Å². The maximum Gasteiger partial charge on any atom is 0.302 e. The van der Waals surface area contributed by atoms with Gasteiger partial charge in [0.1, 0.15) is 0 Å². The number of anilines is 3. The molecule has 0 bridgehead atoms. The van der Waals surface area contributed by atoms with Crippen LogP contribution >= 0.6 is 0 Å². The van der Waals surface area contributed by atoms with Crippen molar-refractivity contribution in [1.29, 1.82) is 0 Å². The predicted molar refractivity (Wildman–Crippen MR) is 99.1 cm³/mol. The van der Waals surface area contributed by atoms with Gasteiger partial charge < -0.3 is 9.80 Å². The van der Waals surface area contributed by atoms with Gasteiger partial charge in [-0.05, 0) is 24.3 Å². The first kappa shape index (κ1) is 17.4. The van der Waals surface area contributed by atoms with E-state index in [0.717, 1.165) is 36.3 Å². The van der Waals surface area contributed by atoms with Crippen LogP contribution < -0.4 is 14.5 Å². The van der Waals surface area contributed by atoms with Gasteiger partial charge in [0.2, 0.25) is 0 Å². The van der Waals surface area contributed by atoms with Crippen LogP contribution in [0.5, 0.6) is 0 Å². The molecule has 0 saturated carbocycles. The Labute approximate surface area is 148 Å². The van der Waals surface area contributed by atoms with Crippen LogP contribution in [0, 0.1) is 0 Å². The van der Waals surface area contributed by atoms with E-state index in [1.165, 1.54) is 19.8 Å². The molecule has 2 aromatic rings. The molecule has 0 radical (unpaired) electrons.